The molecule has 7 nitrogen and oxygen atoms in total. The molecular weight excluding hydrogens is 519 g/mol. The van der Waals surface area contributed by atoms with E-state index in [1.807, 2.05) is 43.3 Å². The third-order valence-electron chi connectivity index (χ3n) is 7.19. The Bertz CT molecular complexity index is 1440. The smallest absolute Gasteiger partial charge is 0.253 e. The molecule has 0 atom stereocenters. The van der Waals surface area contributed by atoms with E-state index in [2.05, 4.69) is 40.4 Å². The van der Waals surface area contributed by atoms with Gasteiger partial charge in [0.15, 0.2) is 0 Å². The predicted molar refractivity (Wildman–Crippen MR) is 156 cm³/mol. The van der Waals surface area contributed by atoms with Crippen LogP contribution in [0.5, 0.6) is 0 Å². The Morgan fingerprint density at radius 2 is 1.79 bits per heavy atom. The number of pyridine rings is 1. The number of anilines is 2. The van der Waals surface area contributed by atoms with Crippen molar-refractivity contribution in [3.8, 4) is 0 Å². The molecule has 1 aliphatic heterocycles. The third kappa shape index (κ3) is 5.23. The lowest BCUT2D eigenvalue weighted by Crippen LogP contribution is -2.65. The monoisotopic (exact) mass is 552 g/mol. The summed E-state index contributed by atoms with van der Waals surface area (Å²) in [6.07, 6.45) is 1.42. The van der Waals surface area contributed by atoms with Gasteiger partial charge in [-0.05, 0) is 67.1 Å². The first-order valence-electron chi connectivity index (χ1n) is 12.6. The fourth-order valence-electron chi connectivity index (χ4n) is 5.07. The summed E-state index contributed by atoms with van der Waals surface area (Å²) in [5, 5.41) is 6.59. The fraction of sp³-hybridized carbons (Fsp3) is 0.345. The summed E-state index contributed by atoms with van der Waals surface area (Å²) in [5.74, 6) is -0.360. The van der Waals surface area contributed by atoms with Gasteiger partial charge >= 0.3 is 0 Å². The first kappa shape index (κ1) is 27.9. The van der Waals surface area contributed by atoms with Crippen molar-refractivity contribution in [2.75, 3.05) is 43.7 Å². The molecule has 0 spiro atoms. The van der Waals surface area contributed by atoms with Crippen molar-refractivity contribution in [3.05, 3.63) is 82.1 Å². The summed E-state index contributed by atoms with van der Waals surface area (Å²) < 4.78 is 12.6. The van der Waals surface area contributed by atoms with Gasteiger partial charge in [-0.2, -0.15) is 0 Å². The lowest BCUT2D eigenvalue weighted by molar-refractivity contribution is -0.122. The Hall–Kier alpha value is -3.15. The van der Waals surface area contributed by atoms with E-state index in [0.29, 0.717) is 18.8 Å². The van der Waals surface area contributed by atoms with Crippen LogP contribution in [0.4, 0.5) is 11.4 Å². The summed E-state index contributed by atoms with van der Waals surface area (Å²) in [4.78, 5) is 32.9. The number of carbonyl (C=O) groups excluding carboxylic acids is 2. The third-order valence-corrected chi connectivity index (χ3v) is 8.92. The zero-order valence-corrected chi connectivity index (χ0v) is 24.3. The minimum atomic E-state index is -2.38. The molecule has 2 aromatic carbocycles. The number of halogens is 1. The van der Waals surface area contributed by atoms with Crippen LogP contribution in [0.2, 0.25) is 5.15 Å². The van der Waals surface area contributed by atoms with Gasteiger partial charge in [0.1, 0.15) is 17.7 Å². The zero-order chi connectivity index (χ0) is 27.8. The molecule has 0 unspecified atom stereocenters. The van der Waals surface area contributed by atoms with Crippen molar-refractivity contribution in [3.63, 3.8) is 0 Å². The Labute approximate surface area is 229 Å². The minimum Gasteiger partial charge on any atom is -0.368 e. The van der Waals surface area contributed by atoms with E-state index >= 15 is 0 Å². The van der Waals surface area contributed by atoms with Crippen molar-refractivity contribution < 1.29 is 14.2 Å². The minimum absolute atomic E-state index is 0.166. The van der Waals surface area contributed by atoms with E-state index in [1.54, 1.807) is 13.3 Å². The van der Waals surface area contributed by atoms with Crippen LogP contribution >= 0.6 is 18.7 Å². The molecule has 1 saturated heterocycles. The molecule has 2 N–H and O–H groups in total. The van der Waals surface area contributed by atoms with Crippen molar-refractivity contribution in [1.29, 1.82) is 0 Å². The Kier molecular flexibility index (Phi) is 7.74. The number of aryl methyl sites for hydroxylation is 1. The van der Waals surface area contributed by atoms with Gasteiger partial charge in [0.05, 0.1) is 17.4 Å². The van der Waals surface area contributed by atoms with E-state index in [-0.39, 0.29) is 28.4 Å². The van der Waals surface area contributed by atoms with Crippen LogP contribution in [0.25, 0.3) is 0 Å². The van der Waals surface area contributed by atoms with Gasteiger partial charge in [-0.3, -0.25) is 9.59 Å². The van der Waals surface area contributed by atoms with Crippen molar-refractivity contribution in [2.45, 2.75) is 32.1 Å². The van der Waals surface area contributed by atoms with E-state index in [9.17, 15) is 14.2 Å². The van der Waals surface area contributed by atoms with Crippen LogP contribution in [-0.2, 0) is 14.8 Å². The van der Waals surface area contributed by atoms with Crippen molar-refractivity contribution in [2.24, 2.45) is 0 Å². The number of rotatable bonds is 7. The summed E-state index contributed by atoms with van der Waals surface area (Å²) in [6, 6.07) is 15.4. The number of hydrogen-bond donors (Lipinski definition) is 2. The maximum atomic E-state index is 14.1. The van der Waals surface area contributed by atoms with Gasteiger partial charge in [-0.1, -0.05) is 49.7 Å². The molecule has 0 radical (unpaired) electrons. The molecule has 1 aromatic heterocycles. The highest BCUT2D eigenvalue weighted by Gasteiger charge is 2.52. The summed E-state index contributed by atoms with van der Waals surface area (Å²) in [6.45, 7) is 10.7. The second kappa shape index (κ2) is 10.5. The molecule has 1 fully saturated rings. The molecule has 3 aromatic rings. The van der Waals surface area contributed by atoms with Gasteiger partial charge in [0.25, 0.3) is 5.91 Å². The largest absolute Gasteiger partial charge is 0.368 e. The molecular formula is C29H34ClN4O3P. The molecule has 2 heterocycles. The average molecular weight is 553 g/mol. The van der Waals surface area contributed by atoms with Crippen LogP contribution in [-0.4, -0.2) is 50.3 Å². The fourth-order valence-corrected chi connectivity index (χ4v) is 6.17. The van der Waals surface area contributed by atoms with Gasteiger partial charge in [0, 0.05) is 31.1 Å². The molecule has 0 saturated carbocycles. The van der Waals surface area contributed by atoms with Crippen LogP contribution in [0.15, 0.2) is 54.7 Å². The topological polar surface area (TPSA) is 91.4 Å². The Morgan fingerprint density at radius 1 is 1.11 bits per heavy atom. The van der Waals surface area contributed by atoms with E-state index in [0.717, 1.165) is 27.7 Å². The Morgan fingerprint density at radius 3 is 2.39 bits per heavy atom. The molecule has 1 aliphatic rings. The highest BCUT2D eigenvalue weighted by Crippen LogP contribution is 2.43. The molecule has 4 rings (SSSR count). The normalized spacial score (nSPS) is 14.7. The number of nitrogens with zero attached hydrogens (tertiary/aromatic N) is 2. The molecule has 200 valence electrons. The van der Waals surface area contributed by atoms with Crippen molar-refractivity contribution >= 4 is 47.2 Å². The number of amides is 2. The molecule has 2 amide bonds. The van der Waals surface area contributed by atoms with Gasteiger partial charge in [0.2, 0.25) is 5.91 Å². The summed E-state index contributed by atoms with van der Waals surface area (Å²) in [5.41, 5.74) is 3.80. The van der Waals surface area contributed by atoms with E-state index in [1.165, 1.54) is 19.3 Å². The highest BCUT2D eigenvalue weighted by molar-refractivity contribution is 7.70. The molecule has 38 heavy (non-hydrogen) atoms. The number of benzene rings is 2. The highest BCUT2D eigenvalue weighted by atomic mass is 35.5. The summed E-state index contributed by atoms with van der Waals surface area (Å²) >= 11 is 6.05. The number of nitrogens with one attached hydrogen (secondary N) is 2. The standard InChI is InChI=1S/C29H34ClN4O3P/c1-18(2)21-9-7-8-10-23(21)29(28(36)33-24-15-32-26(30)14-22(24)27(35)31-4)16-34(17-29)25-12-11-20(13-19(25)3)38(5,6)37/h7-15,18H,16-17H2,1-6H3,(H,31,35)(H,33,36). The molecule has 9 heteroatoms. The van der Waals surface area contributed by atoms with Gasteiger partial charge in [-0.15, -0.1) is 0 Å². The van der Waals surface area contributed by atoms with Crippen LogP contribution < -0.4 is 20.8 Å². The number of carbonyl (C=O) groups is 2. The lowest BCUT2D eigenvalue weighted by Gasteiger charge is -2.51. The number of hydrogen-bond acceptors (Lipinski definition) is 5. The van der Waals surface area contributed by atoms with Gasteiger partial charge in [-0.25, -0.2) is 4.98 Å². The van der Waals surface area contributed by atoms with Gasteiger partial charge < -0.3 is 20.1 Å². The summed E-state index contributed by atoms with van der Waals surface area (Å²) in [7, 11) is -0.857. The maximum absolute atomic E-state index is 14.1. The van der Waals surface area contributed by atoms with Crippen LogP contribution in [0.3, 0.4) is 0 Å². The SMILES string of the molecule is CNC(=O)c1cc(Cl)ncc1NC(=O)C1(c2ccccc2C(C)C)CN(c2ccc(P(C)(C)=O)cc2C)C1. The maximum Gasteiger partial charge on any atom is 0.253 e. The number of aromatic nitrogens is 1. The van der Waals surface area contributed by atoms with Crippen LogP contribution in [0.1, 0.15) is 46.8 Å². The van der Waals surface area contributed by atoms with Crippen LogP contribution in [0, 0.1) is 6.92 Å². The predicted octanol–water partition coefficient (Wildman–Crippen LogP) is 5.17. The van der Waals surface area contributed by atoms with E-state index < -0.39 is 12.6 Å². The van der Waals surface area contributed by atoms with Crippen molar-refractivity contribution in [1.82, 2.24) is 10.3 Å². The van der Waals surface area contributed by atoms with E-state index in [4.69, 9.17) is 11.6 Å². The zero-order valence-electron chi connectivity index (χ0n) is 22.6. The first-order chi connectivity index (χ1) is 17.9. The second-order valence-electron chi connectivity index (χ2n) is 10.6. The first-order valence-corrected chi connectivity index (χ1v) is 15.5. The Balaban J connectivity index is 1.74. The molecule has 0 bridgehead atoms. The second-order valence-corrected chi connectivity index (χ2v) is 14.2. The molecule has 0 aliphatic carbocycles. The quantitative estimate of drug-likeness (QED) is 0.312. The lowest BCUT2D eigenvalue weighted by atomic mass is 9.69. The average Bonchev–Trinajstić information content (AvgIpc) is 2.84.